The van der Waals surface area contributed by atoms with Crippen molar-refractivity contribution < 1.29 is 24.2 Å². The third-order valence-corrected chi connectivity index (χ3v) is 4.34. The van der Waals surface area contributed by atoms with Crippen molar-refractivity contribution in [3.63, 3.8) is 0 Å². The molecule has 3 N–H and O–H groups in total. The van der Waals surface area contributed by atoms with Gasteiger partial charge in [-0.2, -0.15) is 0 Å². The third-order valence-electron chi connectivity index (χ3n) is 4.34. The van der Waals surface area contributed by atoms with Crippen molar-refractivity contribution in [2.45, 2.75) is 58.2 Å². The van der Waals surface area contributed by atoms with E-state index in [4.69, 9.17) is 4.74 Å². The minimum absolute atomic E-state index is 0.0194. The summed E-state index contributed by atoms with van der Waals surface area (Å²) in [6.07, 6.45) is 0.289. The molecule has 0 spiro atoms. The first-order valence-electron chi connectivity index (χ1n) is 10.2. The quantitative estimate of drug-likeness (QED) is 0.563. The molecule has 7 heteroatoms. The van der Waals surface area contributed by atoms with E-state index in [1.807, 2.05) is 30.3 Å². The molecule has 7 nitrogen and oxygen atoms in total. The van der Waals surface area contributed by atoms with E-state index in [1.54, 1.807) is 39.8 Å². The summed E-state index contributed by atoms with van der Waals surface area (Å²) in [7, 11) is 0. The SMILES string of the molecule is C[C@H](NC(=O)Cc1cccc(O)c1)C(=O)N[C@@H](Cc1ccccc1)C(=O)OC(C)(C)C. The maximum absolute atomic E-state index is 12.7. The maximum atomic E-state index is 12.7. The summed E-state index contributed by atoms with van der Waals surface area (Å²) in [6.45, 7) is 6.83. The smallest absolute Gasteiger partial charge is 0.329 e. The van der Waals surface area contributed by atoms with Gasteiger partial charge in [0.2, 0.25) is 11.8 Å². The predicted octanol–water partition coefficient (Wildman–Crippen LogP) is 2.51. The first-order valence-corrected chi connectivity index (χ1v) is 10.2. The van der Waals surface area contributed by atoms with Crippen LogP contribution in [0.3, 0.4) is 0 Å². The highest BCUT2D eigenvalue weighted by Crippen LogP contribution is 2.13. The number of carbonyl (C=O) groups is 3. The van der Waals surface area contributed by atoms with Crippen molar-refractivity contribution in [1.82, 2.24) is 10.6 Å². The summed E-state index contributed by atoms with van der Waals surface area (Å²) >= 11 is 0. The molecule has 0 fully saturated rings. The van der Waals surface area contributed by atoms with E-state index < -0.39 is 29.6 Å². The van der Waals surface area contributed by atoms with Gasteiger partial charge in [-0.15, -0.1) is 0 Å². The minimum atomic E-state index is -0.889. The number of nitrogens with one attached hydrogen (secondary N) is 2. The second-order valence-corrected chi connectivity index (χ2v) is 8.42. The second kappa shape index (κ2) is 10.6. The largest absolute Gasteiger partial charge is 0.508 e. The Labute approximate surface area is 182 Å². The molecule has 0 radical (unpaired) electrons. The van der Waals surface area contributed by atoms with Gasteiger partial charge in [0, 0.05) is 6.42 Å². The molecule has 2 rings (SSSR count). The van der Waals surface area contributed by atoms with Crippen LogP contribution in [-0.2, 0) is 32.0 Å². The summed E-state index contributed by atoms with van der Waals surface area (Å²) in [6, 6.07) is 13.9. The van der Waals surface area contributed by atoms with Crippen molar-refractivity contribution in [1.29, 1.82) is 0 Å². The van der Waals surface area contributed by atoms with Crippen molar-refractivity contribution in [3.05, 3.63) is 65.7 Å². The fourth-order valence-corrected chi connectivity index (χ4v) is 2.92. The molecule has 0 saturated heterocycles. The summed E-state index contributed by atoms with van der Waals surface area (Å²) in [4.78, 5) is 37.6. The number of carbonyl (C=O) groups excluding carboxylic acids is 3. The molecule has 2 amide bonds. The Morgan fingerprint density at radius 3 is 2.23 bits per heavy atom. The molecule has 31 heavy (non-hydrogen) atoms. The molecule has 0 unspecified atom stereocenters. The number of phenolic OH excluding ortho intramolecular Hbond substituents is 1. The number of hydrogen-bond donors (Lipinski definition) is 3. The van der Waals surface area contributed by atoms with E-state index in [2.05, 4.69) is 10.6 Å². The van der Waals surface area contributed by atoms with Crippen LogP contribution in [0.5, 0.6) is 5.75 Å². The molecular formula is C24H30N2O5. The van der Waals surface area contributed by atoms with Crippen LogP contribution in [0.2, 0.25) is 0 Å². The Morgan fingerprint density at radius 1 is 0.968 bits per heavy atom. The summed E-state index contributed by atoms with van der Waals surface area (Å²) in [5, 5.41) is 14.8. The van der Waals surface area contributed by atoms with Crippen molar-refractivity contribution in [2.24, 2.45) is 0 Å². The highest BCUT2D eigenvalue weighted by molar-refractivity contribution is 5.91. The van der Waals surface area contributed by atoms with Crippen LogP contribution in [0.15, 0.2) is 54.6 Å². The normalized spacial score (nSPS) is 13.0. The Kier molecular flexibility index (Phi) is 8.19. The van der Waals surface area contributed by atoms with E-state index >= 15 is 0 Å². The lowest BCUT2D eigenvalue weighted by atomic mass is 10.0. The molecule has 2 atom stereocenters. The highest BCUT2D eigenvalue weighted by Gasteiger charge is 2.28. The standard InChI is InChI=1S/C24H30N2O5/c1-16(25-21(28)15-18-11-8-12-19(27)13-18)22(29)26-20(23(30)31-24(2,3)4)14-17-9-6-5-7-10-17/h5-13,16,20,27H,14-15H2,1-4H3,(H,25,28)(H,26,29)/t16-,20-/m0/s1. The van der Waals surface area contributed by atoms with Gasteiger partial charge < -0.3 is 20.5 Å². The summed E-state index contributed by atoms with van der Waals surface area (Å²) < 4.78 is 5.46. The lowest BCUT2D eigenvalue weighted by molar-refractivity contribution is -0.158. The molecule has 0 aliphatic rings. The van der Waals surface area contributed by atoms with Crippen LogP contribution < -0.4 is 10.6 Å². The fourth-order valence-electron chi connectivity index (χ4n) is 2.92. The van der Waals surface area contributed by atoms with Gasteiger partial charge in [-0.05, 0) is 51.0 Å². The predicted molar refractivity (Wildman–Crippen MR) is 117 cm³/mol. The third kappa shape index (κ3) is 8.50. The lowest BCUT2D eigenvalue weighted by Gasteiger charge is -2.25. The number of phenols is 1. The number of esters is 1. The van der Waals surface area contributed by atoms with E-state index in [9.17, 15) is 19.5 Å². The molecular weight excluding hydrogens is 396 g/mol. The number of rotatable bonds is 8. The average molecular weight is 427 g/mol. The topological polar surface area (TPSA) is 105 Å². The molecule has 0 bridgehead atoms. The van der Waals surface area contributed by atoms with Crippen molar-refractivity contribution >= 4 is 17.8 Å². The van der Waals surface area contributed by atoms with Gasteiger partial charge in [-0.1, -0.05) is 42.5 Å². The van der Waals surface area contributed by atoms with Gasteiger partial charge in [0.1, 0.15) is 23.4 Å². The molecule has 2 aromatic carbocycles. The Bertz CT molecular complexity index is 906. The molecule has 0 aromatic heterocycles. The average Bonchev–Trinajstić information content (AvgIpc) is 2.66. The zero-order valence-corrected chi connectivity index (χ0v) is 18.3. The van der Waals surface area contributed by atoms with E-state index in [0.29, 0.717) is 5.56 Å². The zero-order valence-electron chi connectivity index (χ0n) is 18.3. The maximum Gasteiger partial charge on any atom is 0.329 e. The van der Waals surface area contributed by atoms with Crippen LogP contribution in [0.25, 0.3) is 0 Å². The number of aromatic hydroxyl groups is 1. The van der Waals surface area contributed by atoms with Crippen molar-refractivity contribution in [3.8, 4) is 5.75 Å². The van der Waals surface area contributed by atoms with E-state index in [1.165, 1.54) is 12.1 Å². The molecule has 166 valence electrons. The van der Waals surface area contributed by atoms with Crippen LogP contribution in [0.1, 0.15) is 38.8 Å². The second-order valence-electron chi connectivity index (χ2n) is 8.42. The number of ether oxygens (including phenoxy) is 1. The summed E-state index contributed by atoms with van der Waals surface area (Å²) in [5.74, 6) is -1.33. The molecule has 0 heterocycles. The summed E-state index contributed by atoms with van der Waals surface area (Å²) in [5.41, 5.74) is 0.803. The van der Waals surface area contributed by atoms with Crippen molar-refractivity contribution in [2.75, 3.05) is 0 Å². The van der Waals surface area contributed by atoms with E-state index in [0.717, 1.165) is 5.56 Å². The monoisotopic (exact) mass is 426 g/mol. The fraction of sp³-hybridized carbons (Fsp3) is 0.375. The molecule has 0 aliphatic heterocycles. The number of benzene rings is 2. The van der Waals surface area contributed by atoms with Gasteiger partial charge >= 0.3 is 5.97 Å². The van der Waals surface area contributed by atoms with Gasteiger partial charge in [0.25, 0.3) is 0 Å². The van der Waals surface area contributed by atoms with Gasteiger partial charge in [-0.25, -0.2) is 4.79 Å². The van der Waals surface area contributed by atoms with Gasteiger partial charge in [0.15, 0.2) is 0 Å². The van der Waals surface area contributed by atoms with Gasteiger partial charge in [0.05, 0.1) is 6.42 Å². The first kappa shape index (κ1) is 23.9. The first-order chi connectivity index (χ1) is 14.5. The van der Waals surface area contributed by atoms with Crippen LogP contribution in [0.4, 0.5) is 0 Å². The Hall–Kier alpha value is -3.35. The number of hydrogen-bond acceptors (Lipinski definition) is 5. The van der Waals surface area contributed by atoms with Gasteiger partial charge in [-0.3, -0.25) is 9.59 Å². The highest BCUT2D eigenvalue weighted by atomic mass is 16.6. The minimum Gasteiger partial charge on any atom is -0.508 e. The Morgan fingerprint density at radius 2 is 1.61 bits per heavy atom. The number of amides is 2. The van der Waals surface area contributed by atoms with Crippen LogP contribution in [-0.4, -0.2) is 40.6 Å². The molecule has 0 saturated carbocycles. The molecule has 0 aliphatic carbocycles. The van der Waals surface area contributed by atoms with E-state index in [-0.39, 0.29) is 24.5 Å². The lowest BCUT2D eigenvalue weighted by Crippen LogP contribution is -2.52. The Balaban J connectivity index is 2.01. The van der Waals surface area contributed by atoms with Crippen LogP contribution in [0, 0.1) is 0 Å². The zero-order chi connectivity index (χ0) is 23.0. The molecule has 2 aromatic rings. The van der Waals surface area contributed by atoms with Crippen LogP contribution >= 0.6 is 0 Å².